The Morgan fingerprint density at radius 1 is 1.03 bits per heavy atom. The van der Waals surface area contributed by atoms with Gasteiger partial charge in [-0.2, -0.15) is 5.10 Å². The van der Waals surface area contributed by atoms with E-state index in [-0.39, 0.29) is 5.91 Å². The molecule has 7 heteroatoms. The number of methoxy groups -OCH3 is 1. The van der Waals surface area contributed by atoms with E-state index in [9.17, 15) is 4.79 Å². The molecule has 174 valence electrons. The van der Waals surface area contributed by atoms with Crippen LogP contribution in [0.4, 0.5) is 5.69 Å². The van der Waals surface area contributed by atoms with Crippen LogP contribution < -0.4 is 10.1 Å². The fraction of sp³-hybridized carbons (Fsp3) is 0.107. The van der Waals surface area contributed by atoms with Crippen LogP contribution in [0.25, 0.3) is 23.0 Å². The average Bonchev–Trinajstić information content (AvgIpc) is 3.45. The highest BCUT2D eigenvalue weighted by molar-refractivity contribution is 8.18. The number of amides is 1. The average molecular weight is 481 g/mol. The van der Waals surface area contributed by atoms with Crippen LogP contribution in [0.15, 0.2) is 88.9 Å². The minimum atomic E-state index is -0.174. The van der Waals surface area contributed by atoms with Crippen molar-refractivity contribution in [2.24, 2.45) is 4.99 Å². The molecule has 2 heterocycles. The molecular weight excluding hydrogens is 456 g/mol. The molecule has 5 rings (SSSR count). The van der Waals surface area contributed by atoms with Gasteiger partial charge in [0.2, 0.25) is 0 Å². The second kappa shape index (κ2) is 9.64. The number of carbonyl (C=O) groups excluding carboxylic acids is 1. The molecule has 1 saturated heterocycles. The van der Waals surface area contributed by atoms with Crippen LogP contribution in [0.5, 0.6) is 5.75 Å². The van der Waals surface area contributed by atoms with Crippen LogP contribution >= 0.6 is 11.8 Å². The molecule has 0 bridgehead atoms. The lowest BCUT2D eigenvalue weighted by atomic mass is 10.1. The third-order valence-corrected chi connectivity index (χ3v) is 6.56. The summed E-state index contributed by atoms with van der Waals surface area (Å²) in [5.41, 5.74) is 6.51. The molecule has 0 aliphatic carbocycles. The van der Waals surface area contributed by atoms with Crippen LogP contribution in [0.2, 0.25) is 0 Å². The molecule has 0 radical (unpaired) electrons. The van der Waals surface area contributed by atoms with Crippen LogP contribution in [-0.2, 0) is 4.79 Å². The van der Waals surface area contributed by atoms with E-state index in [0.717, 1.165) is 45.1 Å². The number of hydrogen-bond donors (Lipinski definition) is 1. The van der Waals surface area contributed by atoms with Crippen molar-refractivity contribution in [2.75, 3.05) is 7.11 Å². The van der Waals surface area contributed by atoms with Gasteiger partial charge in [0.05, 0.1) is 29.1 Å². The molecule has 1 aromatic heterocycles. The van der Waals surface area contributed by atoms with Crippen molar-refractivity contribution in [1.82, 2.24) is 15.1 Å². The number of hydrogen-bond acceptors (Lipinski definition) is 5. The Morgan fingerprint density at radius 2 is 1.80 bits per heavy atom. The summed E-state index contributed by atoms with van der Waals surface area (Å²) >= 11 is 1.33. The highest BCUT2D eigenvalue weighted by Crippen LogP contribution is 2.33. The number of aliphatic imine (C=N–C) groups is 1. The van der Waals surface area contributed by atoms with Gasteiger partial charge in [-0.25, -0.2) is 9.67 Å². The van der Waals surface area contributed by atoms with E-state index in [0.29, 0.717) is 10.1 Å². The standard InChI is InChI=1S/C28H24N4O2S/c1-18-9-10-19(2)24(15-18)29-28-30-27(33)25(35-28)16-21-17-32(22-7-5-4-6-8-22)31-26(21)20-11-13-23(34-3)14-12-20/h4-17H,1-3H3,(H,29,30,33)/b25-16-. The lowest BCUT2D eigenvalue weighted by Crippen LogP contribution is -2.19. The monoisotopic (exact) mass is 480 g/mol. The van der Waals surface area contributed by atoms with E-state index < -0.39 is 0 Å². The Kier molecular flexibility index (Phi) is 6.25. The van der Waals surface area contributed by atoms with Gasteiger partial charge in [-0.05, 0) is 85.3 Å². The van der Waals surface area contributed by atoms with Crippen LogP contribution in [0, 0.1) is 13.8 Å². The number of nitrogens with zero attached hydrogens (tertiary/aromatic N) is 3. The van der Waals surface area contributed by atoms with Gasteiger partial charge in [-0.1, -0.05) is 30.3 Å². The molecule has 0 unspecified atom stereocenters. The van der Waals surface area contributed by atoms with Gasteiger partial charge in [0.25, 0.3) is 5.91 Å². The normalized spacial score (nSPS) is 15.6. The van der Waals surface area contributed by atoms with Crippen molar-refractivity contribution in [1.29, 1.82) is 0 Å². The Labute approximate surface area is 208 Å². The van der Waals surface area contributed by atoms with Gasteiger partial charge in [0, 0.05) is 17.3 Å². The van der Waals surface area contributed by atoms with E-state index in [1.165, 1.54) is 11.8 Å². The molecule has 1 fully saturated rings. The number of benzene rings is 3. The highest BCUT2D eigenvalue weighted by atomic mass is 32.2. The van der Waals surface area contributed by atoms with Gasteiger partial charge in [-0.3, -0.25) is 4.79 Å². The largest absolute Gasteiger partial charge is 0.497 e. The third kappa shape index (κ3) is 4.90. The third-order valence-electron chi connectivity index (χ3n) is 5.65. The minimum Gasteiger partial charge on any atom is -0.497 e. The quantitative estimate of drug-likeness (QED) is 0.353. The Bertz CT molecular complexity index is 1450. The number of thioether (sulfide) groups is 1. The lowest BCUT2D eigenvalue weighted by molar-refractivity contribution is -0.115. The minimum absolute atomic E-state index is 0.174. The summed E-state index contributed by atoms with van der Waals surface area (Å²) in [6.07, 6.45) is 3.81. The predicted molar refractivity (Wildman–Crippen MR) is 142 cm³/mol. The number of para-hydroxylation sites is 1. The van der Waals surface area contributed by atoms with Crippen molar-refractivity contribution in [3.63, 3.8) is 0 Å². The van der Waals surface area contributed by atoms with Gasteiger partial charge in [0.15, 0.2) is 5.17 Å². The summed E-state index contributed by atoms with van der Waals surface area (Å²) in [6, 6.07) is 23.7. The topological polar surface area (TPSA) is 68.5 Å². The van der Waals surface area contributed by atoms with Crippen LogP contribution in [0.3, 0.4) is 0 Å². The van der Waals surface area contributed by atoms with Crippen molar-refractivity contribution in [3.8, 4) is 22.7 Å². The summed E-state index contributed by atoms with van der Waals surface area (Å²) < 4.78 is 7.13. The molecule has 3 aromatic carbocycles. The second-order valence-electron chi connectivity index (χ2n) is 8.21. The van der Waals surface area contributed by atoms with Gasteiger partial charge < -0.3 is 10.1 Å². The molecule has 1 aliphatic rings. The summed E-state index contributed by atoms with van der Waals surface area (Å²) in [4.78, 5) is 18.1. The number of nitrogens with one attached hydrogen (secondary N) is 1. The molecule has 0 atom stereocenters. The van der Waals surface area contributed by atoms with E-state index in [1.807, 2.05) is 97.5 Å². The zero-order valence-electron chi connectivity index (χ0n) is 19.6. The number of amidine groups is 1. The van der Waals surface area contributed by atoms with Gasteiger partial charge in [0.1, 0.15) is 5.75 Å². The number of ether oxygens (including phenoxy) is 1. The molecule has 0 spiro atoms. The number of aryl methyl sites for hydroxylation is 2. The fourth-order valence-electron chi connectivity index (χ4n) is 3.75. The van der Waals surface area contributed by atoms with Gasteiger partial charge in [-0.15, -0.1) is 0 Å². The van der Waals surface area contributed by atoms with Gasteiger partial charge >= 0.3 is 0 Å². The molecule has 1 N–H and O–H groups in total. The first-order chi connectivity index (χ1) is 17.0. The van der Waals surface area contributed by atoms with Crippen molar-refractivity contribution in [3.05, 3.63) is 101 Å². The van der Waals surface area contributed by atoms with Crippen LogP contribution in [0.1, 0.15) is 16.7 Å². The fourth-order valence-corrected chi connectivity index (χ4v) is 4.58. The van der Waals surface area contributed by atoms with E-state index in [2.05, 4.69) is 16.4 Å². The van der Waals surface area contributed by atoms with E-state index in [1.54, 1.807) is 7.11 Å². The molecule has 1 amide bonds. The maximum absolute atomic E-state index is 12.8. The summed E-state index contributed by atoms with van der Waals surface area (Å²) in [5.74, 6) is 0.598. The molecule has 4 aromatic rings. The first-order valence-electron chi connectivity index (χ1n) is 11.2. The summed E-state index contributed by atoms with van der Waals surface area (Å²) in [6.45, 7) is 4.04. The molecule has 1 aliphatic heterocycles. The van der Waals surface area contributed by atoms with Crippen molar-refractivity contribution >= 4 is 34.6 Å². The Balaban J connectivity index is 1.53. The zero-order chi connectivity index (χ0) is 24.4. The summed E-state index contributed by atoms with van der Waals surface area (Å²) in [7, 11) is 1.64. The van der Waals surface area contributed by atoms with E-state index >= 15 is 0 Å². The summed E-state index contributed by atoms with van der Waals surface area (Å²) in [5, 5.41) is 8.30. The number of rotatable bonds is 5. The van der Waals surface area contributed by atoms with E-state index in [4.69, 9.17) is 9.84 Å². The first kappa shape index (κ1) is 22.7. The molecule has 0 saturated carbocycles. The Hall–Kier alpha value is -4.10. The second-order valence-corrected chi connectivity index (χ2v) is 9.24. The first-order valence-corrected chi connectivity index (χ1v) is 12.0. The van der Waals surface area contributed by atoms with Crippen molar-refractivity contribution < 1.29 is 9.53 Å². The van der Waals surface area contributed by atoms with Crippen molar-refractivity contribution in [2.45, 2.75) is 13.8 Å². The number of aromatic nitrogens is 2. The maximum Gasteiger partial charge on any atom is 0.264 e. The Morgan fingerprint density at radius 3 is 2.54 bits per heavy atom. The number of carbonyl (C=O) groups is 1. The molecule has 6 nitrogen and oxygen atoms in total. The predicted octanol–water partition coefficient (Wildman–Crippen LogP) is 6.06. The smallest absolute Gasteiger partial charge is 0.264 e. The maximum atomic E-state index is 12.8. The molecular formula is C28H24N4O2S. The highest BCUT2D eigenvalue weighted by Gasteiger charge is 2.25. The van der Waals surface area contributed by atoms with Crippen LogP contribution in [-0.4, -0.2) is 28.0 Å². The lowest BCUT2D eigenvalue weighted by Gasteiger charge is -2.03. The zero-order valence-corrected chi connectivity index (χ0v) is 20.5. The SMILES string of the molecule is COc1ccc(-c2nn(-c3ccccc3)cc2/C=C2\SC(=Nc3cc(C)ccc3C)NC2=O)cc1. The molecule has 35 heavy (non-hydrogen) atoms.